The monoisotopic (exact) mass is 507 g/mol. The highest BCUT2D eigenvalue weighted by Crippen LogP contribution is 2.41. The minimum Gasteiger partial charge on any atom is -0.430 e. The molecule has 1 fully saturated rings. The van der Waals surface area contributed by atoms with Gasteiger partial charge in [0.25, 0.3) is 5.91 Å². The largest absolute Gasteiger partial charge is 0.430 e. The molecule has 0 spiro atoms. The lowest BCUT2D eigenvalue weighted by Crippen LogP contribution is -2.35. The molecule has 3 heterocycles. The Balaban J connectivity index is 1.76. The predicted octanol–water partition coefficient (Wildman–Crippen LogP) is 7.05. The Labute approximate surface area is 212 Å². The molecule has 1 aliphatic rings. The fourth-order valence-corrected chi connectivity index (χ4v) is 4.77. The number of pyridine rings is 1. The molecule has 0 unspecified atom stereocenters. The number of anilines is 1. The zero-order chi connectivity index (χ0) is 24.5. The van der Waals surface area contributed by atoms with Gasteiger partial charge in [0.15, 0.2) is 0 Å². The van der Waals surface area contributed by atoms with E-state index < -0.39 is 0 Å². The Kier molecular flexibility index (Phi) is 6.50. The van der Waals surface area contributed by atoms with Crippen LogP contribution < -0.4 is 5.32 Å². The first kappa shape index (κ1) is 23.4. The lowest BCUT2D eigenvalue weighted by Gasteiger charge is -2.26. The summed E-state index contributed by atoms with van der Waals surface area (Å²) in [6.45, 7) is 2.72. The molecule has 1 N–H and O–H groups in total. The first-order valence-corrected chi connectivity index (χ1v) is 12.2. The van der Waals surface area contributed by atoms with Gasteiger partial charge in [0.2, 0.25) is 17.4 Å². The first-order valence-electron chi connectivity index (χ1n) is 11.5. The fraction of sp³-hybridized carbons (Fsp3) is 0.222. The van der Waals surface area contributed by atoms with Crippen molar-refractivity contribution in [1.82, 2.24) is 9.88 Å². The zero-order valence-corrected chi connectivity index (χ0v) is 20.6. The lowest BCUT2D eigenvalue weighted by atomic mass is 9.98. The van der Waals surface area contributed by atoms with Gasteiger partial charge in [0, 0.05) is 41.2 Å². The van der Waals surface area contributed by atoms with Crippen LogP contribution in [0, 0.1) is 0 Å². The second-order valence-electron chi connectivity index (χ2n) is 8.56. The molecule has 1 aliphatic heterocycles. The molecule has 6 nitrogen and oxygen atoms in total. The van der Waals surface area contributed by atoms with Crippen molar-refractivity contribution in [2.45, 2.75) is 26.2 Å². The minimum atomic E-state index is -0.302. The number of halogens is 2. The molecule has 0 saturated carbocycles. The molecule has 0 bridgehead atoms. The number of amides is 2. The number of fused-ring (bicyclic) bond motifs is 1. The van der Waals surface area contributed by atoms with E-state index in [2.05, 4.69) is 5.32 Å². The number of nitrogens with one attached hydrogen (secondary N) is 1. The number of piperidine rings is 1. The molecule has 5 rings (SSSR count). The van der Waals surface area contributed by atoms with Crippen molar-refractivity contribution in [3.05, 3.63) is 70.4 Å². The van der Waals surface area contributed by atoms with Crippen LogP contribution in [0.2, 0.25) is 10.0 Å². The highest BCUT2D eigenvalue weighted by Gasteiger charge is 2.29. The van der Waals surface area contributed by atoms with Crippen molar-refractivity contribution >= 4 is 51.8 Å². The normalized spacial score (nSPS) is 13.7. The number of likely N-dealkylation sites (tertiary alicyclic amines) is 1. The van der Waals surface area contributed by atoms with Gasteiger partial charge < -0.3 is 14.6 Å². The van der Waals surface area contributed by atoms with E-state index in [1.165, 1.54) is 6.92 Å². The molecule has 1 saturated heterocycles. The third-order valence-electron chi connectivity index (χ3n) is 6.11. The van der Waals surface area contributed by atoms with Crippen LogP contribution in [0.3, 0.4) is 0 Å². The second-order valence-corrected chi connectivity index (χ2v) is 9.41. The minimum absolute atomic E-state index is 0.0861. The van der Waals surface area contributed by atoms with E-state index in [4.69, 9.17) is 32.6 Å². The molecule has 0 aliphatic carbocycles. The number of carbonyl (C=O) groups excluding carboxylic acids is 2. The summed E-state index contributed by atoms with van der Waals surface area (Å²) in [6, 6.07) is 16.7. The SMILES string of the molecule is CC(=O)Nc1c(C(=O)N2CCCCC2)oc2nc(-c3ccccc3Cl)c(-c3ccc(Cl)cc3)cc12. The number of nitrogens with zero attached hydrogens (tertiary/aromatic N) is 2. The zero-order valence-electron chi connectivity index (χ0n) is 19.1. The lowest BCUT2D eigenvalue weighted by molar-refractivity contribution is -0.114. The van der Waals surface area contributed by atoms with Gasteiger partial charge in [-0.1, -0.05) is 53.5 Å². The van der Waals surface area contributed by atoms with E-state index in [0.29, 0.717) is 39.9 Å². The molecule has 2 aromatic heterocycles. The highest BCUT2D eigenvalue weighted by atomic mass is 35.5. The van der Waals surface area contributed by atoms with Crippen molar-refractivity contribution in [1.29, 1.82) is 0 Å². The average Bonchev–Trinajstić information content (AvgIpc) is 3.21. The Morgan fingerprint density at radius 3 is 2.37 bits per heavy atom. The summed E-state index contributed by atoms with van der Waals surface area (Å²) in [6.07, 6.45) is 2.98. The average molecular weight is 508 g/mol. The third kappa shape index (κ3) is 4.64. The Morgan fingerprint density at radius 2 is 1.69 bits per heavy atom. The van der Waals surface area contributed by atoms with Gasteiger partial charge in [-0.2, -0.15) is 0 Å². The fourth-order valence-electron chi connectivity index (χ4n) is 4.42. The standard InChI is InChI=1S/C27H23Cl2N3O3/c1-16(33)30-24-21-15-20(17-9-11-18(28)12-10-17)23(19-7-3-4-8-22(19)29)31-26(21)35-25(24)27(34)32-13-5-2-6-14-32/h3-4,7-12,15H,2,5-6,13-14H2,1H3,(H,30,33). The third-order valence-corrected chi connectivity index (χ3v) is 6.69. The number of benzene rings is 2. The van der Waals surface area contributed by atoms with Crippen LogP contribution in [0.15, 0.2) is 59.0 Å². The molecule has 2 amide bonds. The Hall–Kier alpha value is -3.35. The van der Waals surface area contributed by atoms with Crippen LogP contribution in [0.1, 0.15) is 36.7 Å². The van der Waals surface area contributed by atoms with Crippen LogP contribution in [-0.2, 0) is 4.79 Å². The summed E-state index contributed by atoms with van der Waals surface area (Å²) in [4.78, 5) is 32.1. The highest BCUT2D eigenvalue weighted by molar-refractivity contribution is 6.33. The van der Waals surface area contributed by atoms with E-state index >= 15 is 0 Å². The van der Waals surface area contributed by atoms with Gasteiger partial charge in [0.05, 0.1) is 11.1 Å². The first-order chi connectivity index (χ1) is 16.9. The number of hydrogen-bond acceptors (Lipinski definition) is 4. The molecule has 35 heavy (non-hydrogen) atoms. The molecule has 178 valence electrons. The van der Waals surface area contributed by atoms with Crippen molar-refractivity contribution in [2.24, 2.45) is 0 Å². The number of rotatable bonds is 4. The smallest absolute Gasteiger partial charge is 0.291 e. The summed E-state index contributed by atoms with van der Waals surface area (Å²) in [5.41, 5.74) is 3.54. The summed E-state index contributed by atoms with van der Waals surface area (Å²) >= 11 is 12.7. The van der Waals surface area contributed by atoms with E-state index in [-0.39, 0.29) is 23.3 Å². The Morgan fingerprint density at radius 1 is 0.971 bits per heavy atom. The molecule has 4 aromatic rings. The van der Waals surface area contributed by atoms with Gasteiger partial charge in [-0.05, 0) is 49.1 Å². The topological polar surface area (TPSA) is 75.4 Å². The van der Waals surface area contributed by atoms with Gasteiger partial charge in [-0.25, -0.2) is 4.98 Å². The van der Waals surface area contributed by atoms with E-state index in [1.54, 1.807) is 23.1 Å². The molecular weight excluding hydrogens is 485 g/mol. The van der Waals surface area contributed by atoms with Crippen LogP contribution in [-0.4, -0.2) is 34.8 Å². The molecular formula is C27H23Cl2N3O3. The van der Waals surface area contributed by atoms with Crippen LogP contribution >= 0.6 is 23.2 Å². The van der Waals surface area contributed by atoms with Crippen molar-refractivity contribution in [2.75, 3.05) is 18.4 Å². The number of carbonyl (C=O) groups is 2. The Bertz CT molecular complexity index is 1420. The van der Waals surface area contributed by atoms with Gasteiger partial charge in [-0.3, -0.25) is 9.59 Å². The molecule has 0 radical (unpaired) electrons. The maximum atomic E-state index is 13.4. The van der Waals surface area contributed by atoms with Crippen LogP contribution in [0.5, 0.6) is 0 Å². The van der Waals surface area contributed by atoms with E-state index in [9.17, 15) is 9.59 Å². The van der Waals surface area contributed by atoms with Crippen molar-refractivity contribution < 1.29 is 14.0 Å². The number of hydrogen-bond donors (Lipinski definition) is 1. The summed E-state index contributed by atoms with van der Waals surface area (Å²) < 4.78 is 6.05. The van der Waals surface area contributed by atoms with E-state index in [0.717, 1.165) is 36.0 Å². The van der Waals surface area contributed by atoms with Gasteiger partial charge >= 0.3 is 0 Å². The van der Waals surface area contributed by atoms with Gasteiger partial charge in [0.1, 0.15) is 5.69 Å². The van der Waals surface area contributed by atoms with E-state index in [1.807, 2.05) is 36.4 Å². The number of aromatic nitrogens is 1. The molecule has 8 heteroatoms. The quantitative estimate of drug-likeness (QED) is 0.321. The maximum Gasteiger partial charge on any atom is 0.291 e. The molecule has 0 atom stereocenters. The molecule has 2 aromatic carbocycles. The number of furan rings is 1. The summed E-state index contributed by atoms with van der Waals surface area (Å²) in [7, 11) is 0. The van der Waals surface area contributed by atoms with Gasteiger partial charge in [-0.15, -0.1) is 0 Å². The van der Waals surface area contributed by atoms with Crippen LogP contribution in [0.4, 0.5) is 5.69 Å². The maximum absolute atomic E-state index is 13.4. The van der Waals surface area contributed by atoms with Crippen LogP contribution in [0.25, 0.3) is 33.5 Å². The van der Waals surface area contributed by atoms with Crippen molar-refractivity contribution in [3.8, 4) is 22.4 Å². The second kappa shape index (κ2) is 9.72. The predicted molar refractivity (Wildman–Crippen MR) is 139 cm³/mol. The summed E-state index contributed by atoms with van der Waals surface area (Å²) in [5, 5.41) is 4.50. The summed E-state index contributed by atoms with van der Waals surface area (Å²) in [5.74, 6) is -0.467. The van der Waals surface area contributed by atoms with Crippen molar-refractivity contribution in [3.63, 3.8) is 0 Å².